The van der Waals surface area contributed by atoms with Gasteiger partial charge in [0.15, 0.2) is 0 Å². The SMILES string of the molecule is CC(C)NCC1(c2ccc(Br)cc2)CCC1C. The maximum Gasteiger partial charge on any atom is 0.0175 e. The van der Waals surface area contributed by atoms with Crippen LogP contribution in [0.15, 0.2) is 28.7 Å². The molecule has 1 aromatic rings. The van der Waals surface area contributed by atoms with Crippen LogP contribution >= 0.6 is 15.9 Å². The number of benzene rings is 1. The van der Waals surface area contributed by atoms with Gasteiger partial charge in [0.05, 0.1) is 0 Å². The molecule has 1 fully saturated rings. The van der Waals surface area contributed by atoms with Crippen molar-refractivity contribution in [2.24, 2.45) is 5.92 Å². The number of halogens is 1. The summed E-state index contributed by atoms with van der Waals surface area (Å²) in [6.45, 7) is 7.93. The molecular formula is C15H22BrN. The standard InChI is InChI=1S/C15H22BrN/c1-11(2)17-10-15(9-8-12(15)3)13-4-6-14(16)7-5-13/h4-7,11-12,17H,8-10H2,1-3H3. The second-order valence-electron chi connectivity index (χ2n) is 5.64. The summed E-state index contributed by atoms with van der Waals surface area (Å²) in [5.41, 5.74) is 1.86. The Kier molecular flexibility index (Phi) is 3.94. The molecule has 1 aliphatic carbocycles. The zero-order valence-electron chi connectivity index (χ0n) is 11.0. The van der Waals surface area contributed by atoms with Crippen LogP contribution in [0.1, 0.15) is 39.2 Å². The molecule has 17 heavy (non-hydrogen) atoms. The van der Waals surface area contributed by atoms with Gasteiger partial charge in [-0.15, -0.1) is 0 Å². The van der Waals surface area contributed by atoms with E-state index in [1.54, 1.807) is 0 Å². The van der Waals surface area contributed by atoms with Crippen LogP contribution in [-0.4, -0.2) is 12.6 Å². The summed E-state index contributed by atoms with van der Waals surface area (Å²) in [4.78, 5) is 0. The van der Waals surface area contributed by atoms with Gasteiger partial charge in [0.25, 0.3) is 0 Å². The van der Waals surface area contributed by atoms with Gasteiger partial charge in [-0.05, 0) is 36.5 Å². The fraction of sp³-hybridized carbons (Fsp3) is 0.600. The van der Waals surface area contributed by atoms with Gasteiger partial charge in [-0.1, -0.05) is 48.8 Å². The smallest absolute Gasteiger partial charge is 0.0175 e. The van der Waals surface area contributed by atoms with Gasteiger partial charge in [0.1, 0.15) is 0 Å². The van der Waals surface area contributed by atoms with E-state index in [1.807, 2.05) is 0 Å². The van der Waals surface area contributed by atoms with E-state index in [4.69, 9.17) is 0 Å². The highest BCUT2D eigenvalue weighted by Crippen LogP contribution is 2.48. The highest BCUT2D eigenvalue weighted by Gasteiger charge is 2.44. The normalized spacial score (nSPS) is 28.2. The van der Waals surface area contributed by atoms with Gasteiger partial charge < -0.3 is 5.32 Å². The van der Waals surface area contributed by atoms with Crippen LogP contribution in [-0.2, 0) is 5.41 Å². The molecule has 94 valence electrons. The first-order valence-electron chi connectivity index (χ1n) is 6.54. The topological polar surface area (TPSA) is 12.0 Å². The summed E-state index contributed by atoms with van der Waals surface area (Å²) in [6, 6.07) is 9.45. The molecule has 0 aromatic heterocycles. The van der Waals surface area contributed by atoms with E-state index >= 15 is 0 Å². The van der Waals surface area contributed by atoms with Gasteiger partial charge in [-0.25, -0.2) is 0 Å². The Morgan fingerprint density at radius 2 is 2.00 bits per heavy atom. The van der Waals surface area contributed by atoms with Crippen molar-refractivity contribution in [3.8, 4) is 0 Å². The van der Waals surface area contributed by atoms with Crippen molar-refractivity contribution < 1.29 is 0 Å². The fourth-order valence-electron chi connectivity index (χ4n) is 2.74. The molecule has 2 atom stereocenters. The third kappa shape index (κ3) is 2.58. The highest BCUT2D eigenvalue weighted by molar-refractivity contribution is 9.10. The van der Waals surface area contributed by atoms with Crippen molar-refractivity contribution >= 4 is 15.9 Å². The molecule has 0 aliphatic heterocycles. The van der Waals surface area contributed by atoms with Crippen LogP contribution in [0.25, 0.3) is 0 Å². The monoisotopic (exact) mass is 295 g/mol. The summed E-state index contributed by atoms with van der Waals surface area (Å²) >= 11 is 3.51. The molecule has 2 heteroatoms. The Morgan fingerprint density at radius 1 is 1.35 bits per heavy atom. The summed E-state index contributed by atoms with van der Waals surface area (Å²) < 4.78 is 1.17. The molecule has 1 aromatic carbocycles. The predicted octanol–water partition coefficient (Wildman–Crippen LogP) is 4.11. The summed E-state index contributed by atoms with van der Waals surface area (Å²) in [5, 5.41) is 3.62. The first-order chi connectivity index (χ1) is 8.04. The predicted molar refractivity (Wildman–Crippen MR) is 77.4 cm³/mol. The van der Waals surface area contributed by atoms with E-state index in [9.17, 15) is 0 Å². The van der Waals surface area contributed by atoms with E-state index in [2.05, 4.69) is 66.3 Å². The molecule has 1 aliphatic rings. The Hall–Kier alpha value is -0.340. The zero-order valence-corrected chi connectivity index (χ0v) is 12.5. The van der Waals surface area contributed by atoms with Crippen LogP contribution in [0.4, 0.5) is 0 Å². The Labute approximate surface area is 113 Å². The molecular weight excluding hydrogens is 274 g/mol. The minimum atomic E-state index is 0.366. The van der Waals surface area contributed by atoms with Crippen molar-refractivity contribution in [1.29, 1.82) is 0 Å². The molecule has 0 bridgehead atoms. The Morgan fingerprint density at radius 3 is 2.41 bits per heavy atom. The average Bonchev–Trinajstić information content (AvgIpc) is 2.29. The first-order valence-corrected chi connectivity index (χ1v) is 7.33. The lowest BCUT2D eigenvalue weighted by molar-refractivity contribution is 0.131. The molecule has 2 unspecified atom stereocenters. The largest absolute Gasteiger partial charge is 0.314 e. The van der Waals surface area contributed by atoms with Crippen molar-refractivity contribution in [2.75, 3.05) is 6.54 Å². The van der Waals surface area contributed by atoms with E-state index in [0.717, 1.165) is 12.5 Å². The molecule has 1 nitrogen and oxygen atoms in total. The van der Waals surface area contributed by atoms with Gasteiger partial charge in [-0.3, -0.25) is 0 Å². The van der Waals surface area contributed by atoms with E-state index < -0.39 is 0 Å². The number of rotatable bonds is 4. The van der Waals surface area contributed by atoms with Gasteiger partial charge >= 0.3 is 0 Å². The van der Waals surface area contributed by atoms with Crippen molar-refractivity contribution in [2.45, 2.75) is 45.1 Å². The van der Waals surface area contributed by atoms with Gasteiger partial charge in [0, 0.05) is 22.5 Å². The second kappa shape index (κ2) is 5.11. The van der Waals surface area contributed by atoms with Crippen molar-refractivity contribution in [3.05, 3.63) is 34.3 Å². The number of nitrogens with one attached hydrogen (secondary N) is 1. The molecule has 0 heterocycles. The van der Waals surface area contributed by atoms with E-state index in [0.29, 0.717) is 11.5 Å². The molecule has 0 saturated heterocycles. The highest BCUT2D eigenvalue weighted by atomic mass is 79.9. The molecule has 0 radical (unpaired) electrons. The lowest BCUT2D eigenvalue weighted by atomic mass is 9.57. The quantitative estimate of drug-likeness (QED) is 0.881. The Balaban J connectivity index is 2.19. The summed E-state index contributed by atoms with van der Waals surface area (Å²) in [7, 11) is 0. The minimum Gasteiger partial charge on any atom is -0.314 e. The van der Waals surface area contributed by atoms with Crippen LogP contribution in [0, 0.1) is 5.92 Å². The third-order valence-electron chi connectivity index (χ3n) is 4.21. The molecule has 0 amide bonds. The maximum absolute atomic E-state index is 3.62. The Bertz CT molecular complexity index is 371. The number of hydrogen-bond acceptors (Lipinski definition) is 1. The lowest BCUT2D eigenvalue weighted by Crippen LogP contribution is -2.51. The van der Waals surface area contributed by atoms with E-state index in [1.165, 1.54) is 22.9 Å². The zero-order chi connectivity index (χ0) is 12.5. The minimum absolute atomic E-state index is 0.366. The van der Waals surface area contributed by atoms with Crippen LogP contribution < -0.4 is 5.32 Å². The molecule has 2 rings (SSSR count). The van der Waals surface area contributed by atoms with E-state index in [-0.39, 0.29) is 0 Å². The lowest BCUT2D eigenvalue weighted by Gasteiger charge is -2.49. The van der Waals surface area contributed by atoms with Crippen LogP contribution in [0.2, 0.25) is 0 Å². The third-order valence-corrected chi connectivity index (χ3v) is 4.74. The molecule has 1 saturated carbocycles. The molecule has 1 N–H and O–H groups in total. The van der Waals surface area contributed by atoms with Gasteiger partial charge in [0.2, 0.25) is 0 Å². The fourth-order valence-corrected chi connectivity index (χ4v) is 3.01. The maximum atomic E-state index is 3.62. The summed E-state index contributed by atoms with van der Waals surface area (Å²) in [6.07, 6.45) is 2.67. The second-order valence-corrected chi connectivity index (χ2v) is 6.55. The number of hydrogen-bond donors (Lipinski definition) is 1. The van der Waals surface area contributed by atoms with Crippen molar-refractivity contribution in [1.82, 2.24) is 5.32 Å². The van der Waals surface area contributed by atoms with Crippen LogP contribution in [0.5, 0.6) is 0 Å². The van der Waals surface area contributed by atoms with Gasteiger partial charge in [-0.2, -0.15) is 0 Å². The summed E-state index contributed by atoms with van der Waals surface area (Å²) in [5.74, 6) is 0.787. The van der Waals surface area contributed by atoms with Crippen LogP contribution in [0.3, 0.4) is 0 Å². The first kappa shape index (κ1) is 13.1. The average molecular weight is 296 g/mol. The molecule has 0 spiro atoms. The van der Waals surface area contributed by atoms with Crippen molar-refractivity contribution in [3.63, 3.8) is 0 Å².